The molecule has 0 amide bonds. The molecule has 0 atom stereocenters. The molecule has 0 fully saturated rings. The number of halogens is 5. The highest BCUT2D eigenvalue weighted by Gasteiger charge is 2.34. The molecule has 3 aromatic carbocycles. The first-order valence-corrected chi connectivity index (χ1v) is 11.0. The molecule has 11 heteroatoms. The van der Waals surface area contributed by atoms with Crippen LogP contribution in [0.1, 0.15) is 5.56 Å². The first-order valence-electron chi connectivity index (χ1n) is 9.58. The van der Waals surface area contributed by atoms with Crippen molar-refractivity contribution >= 4 is 15.7 Å². The van der Waals surface area contributed by atoms with E-state index in [0.29, 0.717) is 17.2 Å². The van der Waals surface area contributed by atoms with Crippen LogP contribution in [0.2, 0.25) is 0 Å². The van der Waals surface area contributed by atoms with E-state index in [-0.39, 0.29) is 30.3 Å². The number of fused-ring (bicyclic) bond motifs is 1. The average molecular weight is 485 g/mol. The Balaban J connectivity index is 1.75. The Morgan fingerprint density at radius 3 is 2.39 bits per heavy atom. The zero-order chi connectivity index (χ0) is 23.8. The summed E-state index contributed by atoms with van der Waals surface area (Å²) in [6.07, 6.45) is -4.70. The second kappa shape index (κ2) is 8.54. The van der Waals surface area contributed by atoms with Gasteiger partial charge in [-0.25, -0.2) is 8.42 Å². The maximum Gasteiger partial charge on any atom is 0.416 e. The lowest BCUT2D eigenvalue weighted by atomic mass is 10.0. The van der Waals surface area contributed by atoms with Gasteiger partial charge in [-0.3, -0.25) is 4.31 Å². The Hall–Kier alpha value is -3.34. The number of hydrogen-bond acceptors (Lipinski definition) is 4. The molecule has 0 bridgehead atoms. The fourth-order valence-corrected chi connectivity index (χ4v) is 4.93. The lowest BCUT2D eigenvalue weighted by molar-refractivity contribution is -0.137. The van der Waals surface area contributed by atoms with E-state index in [1.165, 1.54) is 30.3 Å². The summed E-state index contributed by atoms with van der Waals surface area (Å²) in [5, 5.41) is 0. The minimum absolute atomic E-state index is 0.00223. The summed E-state index contributed by atoms with van der Waals surface area (Å²) in [6.45, 7) is -3.13. The van der Waals surface area contributed by atoms with Crippen molar-refractivity contribution < 1.29 is 39.8 Å². The molecule has 5 nitrogen and oxygen atoms in total. The fraction of sp³-hybridized carbons (Fsp3) is 0.182. The highest BCUT2D eigenvalue weighted by Crippen LogP contribution is 2.40. The van der Waals surface area contributed by atoms with Crippen LogP contribution in [0.4, 0.5) is 27.6 Å². The van der Waals surface area contributed by atoms with Gasteiger partial charge >= 0.3 is 12.8 Å². The fourth-order valence-electron chi connectivity index (χ4n) is 3.43. The van der Waals surface area contributed by atoms with E-state index in [4.69, 9.17) is 4.74 Å². The zero-order valence-electron chi connectivity index (χ0n) is 16.7. The number of alkyl halides is 5. The number of ether oxygens (including phenoxy) is 2. The summed E-state index contributed by atoms with van der Waals surface area (Å²) in [4.78, 5) is -0.511. The molecule has 0 saturated carbocycles. The van der Waals surface area contributed by atoms with Crippen molar-refractivity contribution in [2.45, 2.75) is 17.7 Å². The van der Waals surface area contributed by atoms with E-state index >= 15 is 0 Å². The van der Waals surface area contributed by atoms with Gasteiger partial charge in [-0.2, -0.15) is 22.0 Å². The van der Waals surface area contributed by atoms with Crippen molar-refractivity contribution in [1.29, 1.82) is 0 Å². The highest BCUT2D eigenvalue weighted by molar-refractivity contribution is 7.92. The maximum absolute atomic E-state index is 13.3. The Morgan fingerprint density at radius 2 is 1.67 bits per heavy atom. The largest absolute Gasteiger partial charge is 0.489 e. The second-order valence-electron chi connectivity index (χ2n) is 7.04. The summed E-state index contributed by atoms with van der Waals surface area (Å²) in [5.74, 6) is 0.144. The first-order chi connectivity index (χ1) is 15.6. The van der Waals surface area contributed by atoms with Crippen LogP contribution in [-0.2, 0) is 16.2 Å². The molecule has 0 aromatic heterocycles. The van der Waals surface area contributed by atoms with Crippen LogP contribution < -0.4 is 13.8 Å². The summed E-state index contributed by atoms with van der Waals surface area (Å²) in [6, 6.07) is 13.9. The Labute approximate surface area is 186 Å². The third kappa shape index (κ3) is 4.72. The Kier molecular flexibility index (Phi) is 5.91. The molecule has 0 spiro atoms. The molecule has 1 heterocycles. The number of benzene rings is 3. The number of nitrogens with zero attached hydrogens (tertiary/aromatic N) is 1. The predicted octanol–water partition coefficient (Wildman–Crippen LogP) is 5.56. The molecule has 1 aliphatic rings. The van der Waals surface area contributed by atoms with Gasteiger partial charge in [0.05, 0.1) is 22.7 Å². The van der Waals surface area contributed by atoms with Crippen molar-refractivity contribution in [3.8, 4) is 22.6 Å². The van der Waals surface area contributed by atoms with Gasteiger partial charge < -0.3 is 9.47 Å². The molecule has 0 unspecified atom stereocenters. The Bertz CT molecular complexity index is 1280. The van der Waals surface area contributed by atoms with Crippen LogP contribution in [0.3, 0.4) is 0 Å². The molecule has 4 rings (SSSR count). The van der Waals surface area contributed by atoms with E-state index in [1.807, 2.05) is 0 Å². The summed E-state index contributed by atoms with van der Waals surface area (Å²) in [7, 11) is -4.35. The predicted molar refractivity (Wildman–Crippen MR) is 110 cm³/mol. The number of hydrogen-bond donors (Lipinski definition) is 0. The summed E-state index contributed by atoms with van der Waals surface area (Å²) in [5.41, 5.74) is -0.0147. The molecular weight excluding hydrogens is 469 g/mol. The lowest BCUT2D eigenvalue weighted by Crippen LogP contribution is -2.38. The van der Waals surface area contributed by atoms with Gasteiger partial charge in [0.2, 0.25) is 0 Å². The van der Waals surface area contributed by atoms with Gasteiger partial charge in [0.1, 0.15) is 18.1 Å². The monoisotopic (exact) mass is 485 g/mol. The van der Waals surface area contributed by atoms with E-state index in [0.717, 1.165) is 22.5 Å². The van der Waals surface area contributed by atoms with Crippen LogP contribution in [0, 0.1) is 0 Å². The molecule has 1 aliphatic heterocycles. The highest BCUT2D eigenvalue weighted by atomic mass is 32.2. The third-order valence-electron chi connectivity index (χ3n) is 4.92. The van der Waals surface area contributed by atoms with Gasteiger partial charge in [-0.05, 0) is 53.6 Å². The third-order valence-corrected chi connectivity index (χ3v) is 6.73. The minimum atomic E-state index is -4.70. The van der Waals surface area contributed by atoms with Crippen molar-refractivity contribution in [3.05, 3.63) is 72.3 Å². The number of anilines is 1. The van der Waals surface area contributed by atoms with Gasteiger partial charge in [-0.1, -0.05) is 24.3 Å². The molecule has 3 aromatic rings. The van der Waals surface area contributed by atoms with Crippen LogP contribution in [0.15, 0.2) is 71.6 Å². The molecule has 0 radical (unpaired) electrons. The van der Waals surface area contributed by atoms with Crippen molar-refractivity contribution in [2.24, 2.45) is 0 Å². The molecule has 0 aliphatic carbocycles. The zero-order valence-corrected chi connectivity index (χ0v) is 17.5. The van der Waals surface area contributed by atoms with Crippen LogP contribution >= 0.6 is 0 Å². The van der Waals surface area contributed by atoms with Crippen molar-refractivity contribution in [3.63, 3.8) is 0 Å². The van der Waals surface area contributed by atoms with E-state index < -0.39 is 33.3 Å². The maximum atomic E-state index is 13.3. The van der Waals surface area contributed by atoms with Crippen LogP contribution in [-0.4, -0.2) is 28.2 Å². The molecule has 33 heavy (non-hydrogen) atoms. The standard InChI is InChI=1S/C22H16F5NO4S/c23-21(24)32-17-5-1-3-14(11-17)15-7-8-20-19(12-15)28(9-10-31-20)33(29,30)18-6-2-4-16(13-18)22(25,26)27/h1-8,11-13,21H,9-10H2. The number of sulfonamides is 1. The second-order valence-corrected chi connectivity index (χ2v) is 8.90. The quantitative estimate of drug-likeness (QED) is 0.444. The first kappa shape index (κ1) is 22.8. The summed E-state index contributed by atoms with van der Waals surface area (Å²) < 4.78 is 102. The SMILES string of the molecule is O=S(=O)(c1cccc(C(F)(F)F)c1)N1CCOc2ccc(-c3cccc(OC(F)F)c3)cc21. The summed E-state index contributed by atoms with van der Waals surface area (Å²) >= 11 is 0. The smallest absolute Gasteiger partial charge is 0.416 e. The van der Waals surface area contributed by atoms with E-state index in [2.05, 4.69) is 4.74 Å². The van der Waals surface area contributed by atoms with Crippen LogP contribution in [0.25, 0.3) is 11.1 Å². The number of rotatable bonds is 5. The average Bonchev–Trinajstić information content (AvgIpc) is 2.77. The molecule has 0 saturated heterocycles. The van der Waals surface area contributed by atoms with Crippen molar-refractivity contribution in [1.82, 2.24) is 0 Å². The molecular formula is C22H16F5NO4S. The van der Waals surface area contributed by atoms with Gasteiger partial charge in [0.25, 0.3) is 10.0 Å². The minimum Gasteiger partial charge on any atom is -0.489 e. The molecule has 0 N–H and O–H groups in total. The van der Waals surface area contributed by atoms with E-state index in [1.54, 1.807) is 12.1 Å². The normalized spacial score (nSPS) is 14.1. The topological polar surface area (TPSA) is 55.8 Å². The molecule has 174 valence electrons. The van der Waals surface area contributed by atoms with Gasteiger partial charge in [0.15, 0.2) is 0 Å². The lowest BCUT2D eigenvalue weighted by Gasteiger charge is -2.31. The Morgan fingerprint density at radius 1 is 0.939 bits per heavy atom. The van der Waals surface area contributed by atoms with E-state index in [9.17, 15) is 30.4 Å². The van der Waals surface area contributed by atoms with Gasteiger partial charge in [-0.15, -0.1) is 0 Å². The van der Waals surface area contributed by atoms with Crippen molar-refractivity contribution in [2.75, 3.05) is 17.5 Å². The van der Waals surface area contributed by atoms with Crippen LogP contribution in [0.5, 0.6) is 11.5 Å². The van der Waals surface area contributed by atoms with Gasteiger partial charge in [0, 0.05) is 0 Å².